The molecule has 0 spiro atoms. The van der Waals surface area contributed by atoms with E-state index in [1.54, 1.807) is 0 Å². The van der Waals surface area contributed by atoms with Gasteiger partial charge in [0.25, 0.3) is 0 Å². The van der Waals surface area contributed by atoms with Crippen molar-refractivity contribution in [3.05, 3.63) is 35.5 Å². The van der Waals surface area contributed by atoms with E-state index < -0.39 is 0 Å². The minimum Gasteiger partial charge on any atom is -1.00 e. The molecule has 0 bridgehead atoms. The molecule has 1 aromatic carbocycles. The van der Waals surface area contributed by atoms with Crippen molar-refractivity contribution in [1.82, 2.24) is 0 Å². The molecule has 1 heterocycles. The summed E-state index contributed by atoms with van der Waals surface area (Å²) in [7, 11) is 2.18. The number of para-hydroxylation sites is 1. The van der Waals surface area contributed by atoms with E-state index in [4.69, 9.17) is 0 Å². The van der Waals surface area contributed by atoms with Crippen molar-refractivity contribution < 1.29 is 28.9 Å². The summed E-state index contributed by atoms with van der Waals surface area (Å²) in [4.78, 5) is 1.42. The predicted octanol–water partition coefficient (Wildman–Crippen LogP) is -1.79. The molecule has 0 saturated heterocycles. The molecule has 1 aliphatic heterocycles. The lowest BCUT2D eigenvalue weighted by atomic mass is 10.2. The van der Waals surface area contributed by atoms with Gasteiger partial charge in [-0.25, -0.2) is 0 Å². The molecule has 12 heavy (non-hydrogen) atoms. The van der Waals surface area contributed by atoms with Crippen molar-refractivity contribution in [2.75, 3.05) is 7.05 Å². The van der Waals surface area contributed by atoms with Crippen LogP contribution >= 0.6 is 0 Å². The third kappa shape index (κ3) is 1.41. The minimum atomic E-state index is 0. The lowest BCUT2D eigenvalue weighted by molar-refractivity contribution is -0.762. The Morgan fingerprint density at radius 2 is 1.83 bits per heavy atom. The van der Waals surface area contributed by atoms with Gasteiger partial charge in [0.05, 0.1) is 7.05 Å². The van der Waals surface area contributed by atoms with Crippen LogP contribution < -0.4 is 28.9 Å². The monoisotopic (exact) mass is 273 g/mol. The van der Waals surface area contributed by atoms with E-state index >= 15 is 0 Å². The van der Waals surface area contributed by atoms with E-state index in [2.05, 4.69) is 44.3 Å². The molecule has 1 N–H and O–H groups in total. The van der Waals surface area contributed by atoms with Crippen LogP contribution in [0.15, 0.2) is 30.0 Å². The van der Waals surface area contributed by atoms with E-state index in [1.807, 2.05) is 0 Å². The highest BCUT2D eigenvalue weighted by atomic mass is 127. The zero-order valence-electron chi connectivity index (χ0n) is 7.26. The Morgan fingerprint density at radius 1 is 1.17 bits per heavy atom. The molecule has 0 amide bonds. The van der Waals surface area contributed by atoms with Gasteiger partial charge in [-0.05, 0) is 6.07 Å². The van der Waals surface area contributed by atoms with Crippen LogP contribution in [-0.2, 0) is 0 Å². The summed E-state index contributed by atoms with van der Waals surface area (Å²) in [6, 6.07) is 8.52. The third-order valence-corrected chi connectivity index (χ3v) is 2.33. The Kier molecular flexibility index (Phi) is 2.90. The summed E-state index contributed by atoms with van der Waals surface area (Å²) in [6.45, 7) is 2.16. The van der Waals surface area contributed by atoms with Crippen LogP contribution in [0.25, 0.3) is 6.08 Å². The van der Waals surface area contributed by atoms with Gasteiger partial charge in [0.2, 0.25) is 0 Å². The Labute approximate surface area is 90.1 Å². The van der Waals surface area contributed by atoms with Crippen LogP contribution in [0.4, 0.5) is 5.69 Å². The lowest BCUT2D eigenvalue weighted by Crippen LogP contribution is -3.00. The first-order valence-electron chi connectivity index (χ1n) is 3.90. The minimum absolute atomic E-state index is 0. The molecule has 64 valence electrons. The maximum atomic E-state index is 2.24. The summed E-state index contributed by atoms with van der Waals surface area (Å²) in [5.74, 6) is 0. The van der Waals surface area contributed by atoms with Crippen LogP contribution in [-0.4, -0.2) is 7.05 Å². The van der Waals surface area contributed by atoms with Crippen LogP contribution in [0.3, 0.4) is 0 Å². The van der Waals surface area contributed by atoms with Crippen molar-refractivity contribution in [2.24, 2.45) is 0 Å². The standard InChI is InChI=1S/C10H11N.HI/c1-8-7-9-5-3-4-6-10(9)11(8)2;/h3-7H,1-2H3;1H. The molecule has 1 nitrogen and oxygen atoms in total. The number of rotatable bonds is 0. The van der Waals surface area contributed by atoms with Crippen molar-refractivity contribution in [3.8, 4) is 0 Å². The van der Waals surface area contributed by atoms with E-state index in [1.165, 1.54) is 21.8 Å². The molecule has 1 aromatic rings. The Morgan fingerprint density at radius 3 is 2.50 bits per heavy atom. The van der Waals surface area contributed by atoms with Gasteiger partial charge in [-0.15, -0.1) is 0 Å². The average Bonchev–Trinajstić information content (AvgIpc) is 2.30. The van der Waals surface area contributed by atoms with Crippen LogP contribution in [0.1, 0.15) is 12.5 Å². The molecule has 0 radical (unpaired) electrons. The van der Waals surface area contributed by atoms with Crippen molar-refractivity contribution >= 4 is 11.8 Å². The molecule has 2 heteroatoms. The molecular formula is C10H12IN. The third-order valence-electron chi connectivity index (χ3n) is 2.33. The molecule has 0 aliphatic carbocycles. The first-order valence-corrected chi connectivity index (χ1v) is 3.90. The Hall–Kier alpha value is -0.350. The van der Waals surface area contributed by atoms with Gasteiger partial charge in [0.15, 0.2) is 0 Å². The normalized spacial score (nSPS) is 19.5. The van der Waals surface area contributed by atoms with Crippen molar-refractivity contribution in [3.63, 3.8) is 0 Å². The summed E-state index contributed by atoms with van der Waals surface area (Å²) in [5.41, 5.74) is 4.15. The highest BCUT2D eigenvalue weighted by Gasteiger charge is 2.19. The number of nitrogens with one attached hydrogen (secondary N) is 1. The Balaban J connectivity index is 0.000000720. The summed E-state index contributed by atoms with van der Waals surface area (Å²) in [6.07, 6.45) is 2.24. The number of fused-ring (bicyclic) bond motifs is 1. The molecule has 0 saturated carbocycles. The van der Waals surface area contributed by atoms with E-state index in [9.17, 15) is 0 Å². The first kappa shape index (κ1) is 9.74. The molecule has 1 atom stereocenters. The van der Waals surface area contributed by atoms with E-state index in [0.717, 1.165) is 0 Å². The van der Waals surface area contributed by atoms with E-state index in [-0.39, 0.29) is 24.0 Å². The molecule has 1 unspecified atom stereocenters. The van der Waals surface area contributed by atoms with Gasteiger partial charge >= 0.3 is 0 Å². The number of quaternary nitrogens is 1. The molecule has 0 fully saturated rings. The number of benzene rings is 1. The smallest absolute Gasteiger partial charge is 0.143 e. The molecular weight excluding hydrogens is 261 g/mol. The maximum absolute atomic E-state index is 2.24. The number of hydrogen-bond acceptors (Lipinski definition) is 0. The number of allylic oxidation sites excluding steroid dienone is 1. The zero-order valence-corrected chi connectivity index (χ0v) is 9.42. The molecule has 1 aliphatic rings. The highest BCUT2D eigenvalue weighted by molar-refractivity contribution is 5.65. The largest absolute Gasteiger partial charge is 1.00 e. The first-order chi connectivity index (χ1) is 5.29. The summed E-state index contributed by atoms with van der Waals surface area (Å²) < 4.78 is 0. The number of halogens is 1. The average molecular weight is 273 g/mol. The Bertz CT molecular complexity index is 317. The van der Waals surface area contributed by atoms with Crippen molar-refractivity contribution in [2.45, 2.75) is 6.92 Å². The second-order valence-electron chi connectivity index (χ2n) is 3.04. The van der Waals surface area contributed by atoms with Crippen molar-refractivity contribution in [1.29, 1.82) is 0 Å². The molecule has 0 aromatic heterocycles. The van der Waals surface area contributed by atoms with Gasteiger partial charge in [-0.2, -0.15) is 0 Å². The number of hydrogen-bond donors (Lipinski definition) is 1. The van der Waals surface area contributed by atoms with Gasteiger partial charge in [-0.3, -0.25) is 4.90 Å². The quantitative estimate of drug-likeness (QED) is 0.533. The molecule has 2 rings (SSSR count). The summed E-state index contributed by atoms with van der Waals surface area (Å²) in [5, 5.41) is 0. The van der Waals surface area contributed by atoms with Gasteiger partial charge < -0.3 is 24.0 Å². The predicted molar refractivity (Wildman–Crippen MR) is 46.6 cm³/mol. The fourth-order valence-electron chi connectivity index (χ4n) is 1.52. The summed E-state index contributed by atoms with van der Waals surface area (Å²) >= 11 is 0. The SMILES string of the molecule is CC1=Cc2ccccc2[NH+]1C.[I-]. The second-order valence-corrected chi connectivity index (χ2v) is 3.04. The fraction of sp³-hybridized carbons (Fsp3) is 0.200. The maximum Gasteiger partial charge on any atom is 0.143 e. The van der Waals surface area contributed by atoms with Crippen LogP contribution in [0.5, 0.6) is 0 Å². The van der Waals surface area contributed by atoms with Gasteiger partial charge in [-0.1, -0.05) is 12.1 Å². The van der Waals surface area contributed by atoms with Gasteiger partial charge in [0.1, 0.15) is 11.4 Å². The highest BCUT2D eigenvalue weighted by Crippen LogP contribution is 2.18. The zero-order chi connectivity index (χ0) is 7.84. The topological polar surface area (TPSA) is 4.44 Å². The fourth-order valence-corrected chi connectivity index (χ4v) is 1.52. The lowest BCUT2D eigenvalue weighted by Gasteiger charge is -2.06. The van der Waals surface area contributed by atoms with Gasteiger partial charge in [0, 0.05) is 24.6 Å². The van der Waals surface area contributed by atoms with E-state index in [0.29, 0.717) is 0 Å². The second kappa shape index (κ2) is 3.58. The van der Waals surface area contributed by atoms with Crippen LogP contribution in [0.2, 0.25) is 0 Å². The van der Waals surface area contributed by atoms with Crippen LogP contribution in [0, 0.1) is 0 Å².